The van der Waals surface area contributed by atoms with Gasteiger partial charge in [-0.05, 0) is 19.1 Å². The Bertz CT molecular complexity index is 865. The average Bonchev–Trinajstić information content (AvgIpc) is 3.05. The minimum Gasteiger partial charge on any atom is -0.360 e. The van der Waals surface area contributed by atoms with Crippen molar-refractivity contribution in [1.29, 1.82) is 0 Å². The summed E-state index contributed by atoms with van der Waals surface area (Å²) in [7, 11) is 1.76. The highest BCUT2D eigenvalue weighted by atomic mass is 35.5. The summed E-state index contributed by atoms with van der Waals surface area (Å²) in [5.41, 5.74) is 1.02. The fourth-order valence-corrected chi connectivity index (χ4v) is 2.77. The molecule has 1 N–H and O–H groups in total. The summed E-state index contributed by atoms with van der Waals surface area (Å²) in [5.74, 6) is 0.396. The van der Waals surface area contributed by atoms with E-state index in [0.717, 1.165) is 0 Å². The maximum atomic E-state index is 12.6. The fraction of sp³-hybridized carbons (Fsp3) is 0.133. The first-order valence-electron chi connectivity index (χ1n) is 6.69. The van der Waals surface area contributed by atoms with Crippen LogP contribution in [-0.4, -0.2) is 20.8 Å². The molecule has 8 heteroatoms. The molecule has 0 radical (unpaired) electrons. The van der Waals surface area contributed by atoms with E-state index in [-0.39, 0.29) is 5.56 Å². The van der Waals surface area contributed by atoms with Crippen LogP contribution >= 0.6 is 23.2 Å². The summed E-state index contributed by atoms with van der Waals surface area (Å²) >= 11 is 12.4. The zero-order chi connectivity index (χ0) is 16.6. The molecule has 2 aromatic heterocycles. The largest absolute Gasteiger partial charge is 0.360 e. The van der Waals surface area contributed by atoms with Crippen LogP contribution in [0.5, 0.6) is 0 Å². The van der Waals surface area contributed by atoms with Crippen LogP contribution in [0.3, 0.4) is 0 Å². The smallest absolute Gasteiger partial charge is 0.262 e. The highest BCUT2D eigenvalue weighted by Crippen LogP contribution is 2.36. The minimum absolute atomic E-state index is 0.269. The van der Waals surface area contributed by atoms with E-state index in [1.165, 1.54) is 0 Å². The normalized spacial score (nSPS) is 10.8. The van der Waals surface area contributed by atoms with E-state index in [1.54, 1.807) is 49.1 Å². The van der Waals surface area contributed by atoms with Gasteiger partial charge in [-0.2, -0.15) is 5.10 Å². The van der Waals surface area contributed by atoms with Crippen molar-refractivity contribution in [1.82, 2.24) is 14.9 Å². The van der Waals surface area contributed by atoms with Crippen LogP contribution in [0, 0.1) is 6.92 Å². The Labute approximate surface area is 142 Å². The van der Waals surface area contributed by atoms with E-state index in [2.05, 4.69) is 15.6 Å². The fourth-order valence-electron chi connectivity index (χ4n) is 2.19. The van der Waals surface area contributed by atoms with E-state index in [0.29, 0.717) is 32.9 Å². The summed E-state index contributed by atoms with van der Waals surface area (Å²) in [6.45, 7) is 1.65. The highest BCUT2D eigenvalue weighted by Gasteiger charge is 2.25. The van der Waals surface area contributed by atoms with E-state index in [4.69, 9.17) is 27.7 Å². The molecule has 118 valence electrons. The average molecular weight is 351 g/mol. The number of benzene rings is 1. The van der Waals surface area contributed by atoms with Gasteiger partial charge in [-0.3, -0.25) is 9.48 Å². The van der Waals surface area contributed by atoms with Gasteiger partial charge in [-0.15, -0.1) is 0 Å². The summed E-state index contributed by atoms with van der Waals surface area (Å²) in [5, 5.41) is 11.5. The van der Waals surface area contributed by atoms with Gasteiger partial charge in [0.05, 0.1) is 10.0 Å². The predicted octanol–water partition coefficient (Wildman–Crippen LogP) is 3.94. The van der Waals surface area contributed by atoms with Crippen molar-refractivity contribution in [2.75, 3.05) is 5.32 Å². The maximum Gasteiger partial charge on any atom is 0.262 e. The first kappa shape index (κ1) is 15.6. The van der Waals surface area contributed by atoms with Crippen LogP contribution in [0.4, 0.5) is 5.82 Å². The summed E-state index contributed by atoms with van der Waals surface area (Å²) in [6.07, 6.45) is 1.72. The molecule has 0 aliphatic rings. The van der Waals surface area contributed by atoms with Gasteiger partial charge in [0.15, 0.2) is 5.82 Å². The van der Waals surface area contributed by atoms with Crippen molar-refractivity contribution in [2.24, 2.45) is 7.05 Å². The monoisotopic (exact) mass is 350 g/mol. The third-order valence-electron chi connectivity index (χ3n) is 3.24. The van der Waals surface area contributed by atoms with Crippen LogP contribution < -0.4 is 5.32 Å². The first-order chi connectivity index (χ1) is 11.0. The molecular formula is C15H12Cl2N4O2. The second-order valence-electron chi connectivity index (χ2n) is 4.89. The van der Waals surface area contributed by atoms with E-state index in [9.17, 15) is 4.79 Å². The van der Waals surface area contributed by atoms with E-state index in [1.807, 2.05) is 0 Å². The lowest BCUT2D eigenvalue weighted by Gasteiger charge is -2.06. The predicted molar refractivity (Wildman–Crippen MR) is 87.9 cm³/mol. The summed E-state index contributed by atoms with van der Waals surface area (Å²) in [4.78, 5) is 12.6. The van der Waals surface area contributed by atoms with Gasteiger partial charge in [0.25, 0.3) is 5.91 Å². The molecule has 0 aliphatic carbocycles. The van der Waals surface area contributed by atoms with Crippen molar-refractivity contribution >= 4 is 34.9 Å². The van der Waals surface area contributed by atoms with Gasteiger partial charge in [-0.1, -0.05) is 34.4 Å². The molecule has 0 fully saturated rings. The quantitative estimate of drug-likeness (QED) is 0.776. The lowest BCUT2D eigenvalue weighted by molar-refractivity contribution is 0.102. The molecule has 2 heterocycles. The zero-order valence-electron chi connectivity index (χ0n) is 12.3. The number of anilines is 1. The molecule has 0 saturated carbocycles. The molecule has 1 aromatic carbocycles. The van der Waals surface area contributed by atoms with Gasteiger partial charge in [-0.25, -0.2) is 0 Å². The van der Waals surface area contributed by atoms with Crippen LogP contribution in [0.25, 0.3) is 11.3 Å². The number of aryl methyl sites for hydroxylation is 2. The van der Waals surface area contributed by atoms with Crippen LogP contribution in [-0.2, 0) is 7.05 Å². The maximum absolute atomic E-state index is 12.6. The Morgan fingerprint density at radius 3 is 2.57 bits per heavy atom. The summed E-state index contributed by atoms with van der Waals surface area (Å²) in [6, 6.07) is 6.75. The van der Waals surface area contributed by atoms with Gasteiger partial charge >= 0.3 is 0 Å². The number of carbonyl (C=O) groups is 1. The van der Waals surface area contributed by atoms with Gasteiger partial charge in [0.1, 0.15) is 17.0 Å². The van der Waals surface area contributed by atoms with Crippen LogP contribution in [0.2, 0.25) is 10.0 Å². The number of aromatic nitrogens is 3. The molecule has 0 bridgehead atoms. The number of hydrogen-bond donors (Lipinski definition) is 1. The molecule has 6 nitrogen and oxygen atoms in total. The van der Waals surface area contributed by atoms with E-state index < -0.39 is 5.91 Å². The number of nitrogens with one attached hydrogen (secondary N) is 1. The third-order valence-corrected chi connectivity index (χ3v) is 3.87. The number of carbonyl (C=O) groups excluding carboxylic acids is 1. The molecule has 0 aliphatic heterocycles. The number of nitrogens with zero attached hydrogens (tertiary/aromatic N) is 3. The van der Waals surface area contributed by atoms with Crippen LogP contribution in [0.1, 0.15) is 16.1 Å². The van der Waals surface area contributed by atoms with Crippen LogP contribution in [0.15, 0.2) is 35.0 Å². The standard InChI is InChI=1S/C15H12Cl2N4O2/c1-8-12(15(22)18-11-6-7-21(2)19-11)14(20-23-8)13-9(16)4-3-5-10(13)17/h3-7H,1-2H3,(H,18,19,22). The second kappa shape index (κ2) is 6.06. The highest BCUT2D eigenvalue weighted by molar-refractivity contribution is 6.39. The van der Waals surface area contributed by atoms with Crippen molar-refractivity contribution < 1.29 is 9.32 Å². The lowest BCUT2D eigenvalue weighted by Crippen LogP contribution is -2.14. The Morgan fingerprint density at radius 1 is 1.26 bits per heavy atom. The molecule has 0 atom stereocenters. The van der Waals surface area contributed by atoms with Crippen molar-refractivity contribution in [2.45, 2.75) is 6.92 Å². The SMILES string of the molecule is Cc1onc(-c2c(Cl)cccc2Cl)c1C(=O)Nc1ccn(C)n1. The Morgan fingerprint density at radius 2 is 1.96 bits per heavy atom. The molecule has 1 amide bonds. The molecule has 0 spiro atoms. The Hall–Kier alpha value is -2.31. The number of amides is 1. The zero-order valence-corrected chi connectivity index (χ0v) is 13.8. The Balaban J connectivity index is 2.04. The van der Waals surface area contributed by atoms with Gasteiger partial charge in [0, 0.05) is 24.9 Å². The molecular weight excluding hydrogens is 339 g/mol. The topological polar surface area (TPSA) is 73.0 Å². The van der Waals surface area contributed by atoms with Crippen molar-refractivity contribution in [3.8, 4) is 11.3 Å². The first-order valence-corrected chi connectivity index (χ1v) is 7.44. The number of halogens is 2. The lowest BCUT2D eigenvalue weighted by atomic mass is 10.1. The van der Waals surface area contributed by atoms with Crippen molar-refractivity contribution in [3.05, 3.63) is 51.8 Å². The number of hydrogen-bond acceptors (Lipinski definition) is 4. The van der Waals surface area contributed by atoms with E-state index >= 15 is 0 Å². The van der Waals surface area contributed by atoms with Gasteiger partial charge < -0.3 is 9.84 Å². The molecule has 3 rings (SSSR count). The molecule has 3 aromatic rings. The molecule has 0 unspecified atom stereocenters. The molecule has 23 heavy (non-hydrogen) atoms. The minimum atomic E-state index is -0.395. The summed E-state index contributed by atoms with van der Waals surface area (Å²) < 4.78 is 6.76. The third kappa shape index (κ3) is 2.95. The Kier molecular flexibility index (Phi) is 4.11. The molecule has 0 saturated heterocycles. The second-order valence-corrected chi connectivity index (χ2v) is 5.70. The number of rotatable bonds is 3. The van der Waals surface area contributed by atoms with Crippen molar-refractivity contribution in [3.63, 3.8) is 0 Å². The van der Waals surface area contributed by atoms with Gasteiger partial charge in [0.2, 0.25) is 0 Å².